The van der Waals surface area contributed by atoms with Gasteiger partial charge in [-0.25, -0.2) is 4.79 Å². The minimum absolute atomic E-state index is 0.115. The molecule has 0 aliphatic carbocycles. The van der Waals surface area contributed by atoms with E-state index in [4.69, 9.17) is 16.3 Å². The molecule has 106 valence electrons. The van der Waals surface area contributed by atoms with Crippen molar-refractivity contribution in [2.24, 2.45) is 0 Å². The Hall–Kier alpha value is -2.01. The zero-order valence-electron chi connectivity index (χ0n) is 11.3. The highest BCUT2D eigenvalue weighted by atomic mass is 35.5. The minimum atomic E-state index is -0.514. The lowest BCUT2D eigenvalue weighted by molar-refractivity contribution is 0.414. The molecule has 0 saturated carbocycles. The van der Waals surface area contributed by atoms with Crippen LogP contribution in [0.15, 0.2) is 33.9 Å². The van der Waals surface area contributed by atoms with Crippen molar-refractivity contribution < 1.29 is 4.74 Å². The van der Waals surface area contributed by atoms with Crippen LogP contribution in [0.4, 0.5) is 0 Å². The summed E-state index contributed by atoms with van der Waals surface area (Å²) in [6.45, 7) is 1.99. The van der Waals surface area contributed by atoms with E-state index in [0.717, 1.165) is 10.1 Å². The van der Waals surface area contributed by atoms with Crippen molar-refractivity contribution in [2.45, 2.75) is 19.9 Å². The summed E-state index contributed by atoms with van der Waals surface area (Å²) in [7, 11) is 1.57. The van der Waals surface area contributed by atoms with E-state index in [-0.39, 0.29) is 17.3 Å². The van der Waals surface area contributed by atoms with Crippen molar-refractivity contribution in [3.63, 3.8) is 0 Å². The SMILES string of the molecule is CCc1c(Cl)[nH]c(=O)n(Cc2cccc(OC)c2)c1=O. The first-order valence-corrected chi connectivity index (χ1v) is 6.59. The van der Waals surface area contributed by atoms with Crippen molar-refractivity contribution >= 4 is 11.6 Å². The molecule has 0 saturated heterocycles. The number of aromatic nitrogens is 2. The predicted molar refractivity (Wildman–Crippen MR) is 77.8 cm³/mol. The van der Waals surface area contributed by atoms with Crippen molar-refractivity contribution in [3.05, 3.63) is 61.4 Å². The van der Waals surface area contributed by atoms with E-state index in [1.54, 1.807) is 19.2 Å². The Morgan fingerprint density at radius 2 is 2.10 bits per heavy atom. The van der Waals surface area contributed by atoms with Gasteiger partial charge in [-0.2, -0.15) is 0 Å². The van der Waals surface area contributed by atoms with Crippen LogP contribution in [0.3, 0.4) is 0 Å². The fourth-order valence-corrected chi connectivity index (χ4v) is 2.28. The fourth-order valence-electron chi connectivity index (χ4n) is 1.99. The Bertz CT molecular complexity index is 734. The Morgan fingerprint density at radius 1 is 1.35 bits per heavy atom. The first-order chi connectivity index (χ1) is 9.56. The highest BCUT2D eigenvalue weighted by Crippen LogP contribution is 2.13. The van der Waals surface area contributed by atoms with Crippen molar-refractivity contribution in [1.82, 2.24) is 9.55 Å². The third-order valence-electron chi connectivity index (χ3n) is 3.06. The average molecular weight is 295 g/mol. The van der Waals surface area contributed by atoms with E-state index in [1.807, 2.05) is 19.1 Å². The molecule has 0 unspecified atom stereocenters. The summed E-state index contributed by atoms with van der Waals surface area (Å²) in [5.74, 6) is 0.677. The van der Waals surface area contributed by atoms with E-state index in [0.29, 0.717) is 17.7 Å². The third-order valence-corrected chi connectivity index (χ3v) is 3.38. The Kier molecular flexibility index (Phi) is 4.29. The van der Waals surface area contributed by atoms with Crippen molar-refractivity contribution in [3.8, 4) is 5.75 Å². The van der Waals surface area contributed by atoms with Gasteiger partial charge in [-0.05, 0) is 24.1 Å². The topological polar surface area (TPSA) is 64.1 Å². The molecule has 0 aliphatic heterocycles. The van der Waals surface area contributed by atoms with Gasteiger partial charge in [-0.1, -0.05) is 30.7 Å². The molecule has 0 amide bonds. The maximum absolute atomic E-state index is 12.2. The summed E-state index contributed by atoms with van der Waals surface area (Å²) < 4.78 is 6.26. The molecule has 1 N–H and O–H groups in total. The number of ether oxygens (including phenoxy) is 1. The molecule has 0 radical (unpaired) electrons. The van der Waals surface area contributed by atoms with Gasteiger partial charge < -0.3 is 4.74 Å². The molecule has 2 rings (SSSR count). The maximum Gasteiger partial charge on any atom is 0.329 e. The van der Waals surface area contributed by atoms with Gasteiger partial charge in [0.05, 0.1) is 19.2 Å². The molecule has 0 spiro atoms. The van der Waals surface area contributed by atoms with Crippen LogP contribution in [0, 0.1) is 0 Å². The number of halogens is 1. The molecule has 2 aromatic rings. The van der Waals surface area contributed by atoms with Crippen molar-refractivity contribution in [1.29, 1.82) is 0 Å². The molecule has 1 aromatic carbocycles. The summed E-state index contributed by atoms with van der Waals surface area (Å²) in [4.78, 5) is 26.6. The Morgan fingerprint density at radius 3 is 2.75 bits per heavy atom. The summed E-state index contributed by atoms with van der Waals surface area (Å²) >= 11 is 5.87. The first-order valence-electron chi connectivity index (χ1n) is 6.21. The number of benzene rings is 1. The zero-order valence-corrected chi connectivity index (χ0v) is 12.0. The monoisotopic (exact) mass is 294 g/mol. The van der Waals surface area contributed by atoms with Gasteiger partial charge in [0.2, 0.25) is 0 Å². The lowest BCUT2D eigenvalue weighted by atomic mass is 10.2. The normalized spacial score (nSPS) is 10.6. The standard InChI is InChI=1S/C14H15ClN2O3/c1-3-11-12(15)16-14(19)17(13(11)18)8-9-5-4-6-10(7-9)20-2/h4-7H,3,8H2,1-2H3,(H,16,19). The second-order valence-corrected chi connectivity index (χ2v) is 4.70. The number of rotatable bonds is 4. The minimum Gasteiger partial charge on any atom is -0.497 e. The van der Waals surface area contributed by atoms with E-state index in [2.05, 4.69) is 4.98 Å². The molecular weight excluding hydrogens is 280 g/mol. The van der Waals surface area contributed by atoms with Crippen LogP contribution in [-0.4, -0.2) is 16.7 Å². The summed E-state index contributed by atoms with van der Waals surface area (Å²) in [6.07, 6.45) is 0.465. The van der Waals surface area contributed by atoms with E-state index in [1.165, 1.54) is 0 Å². The summed E-state index contributed by atoms with van der Waals surface area (Å²) in [5, 5.41) is 0.115. The highest BCUT2D eigenvalue weighted by molar-refractivity contribution is 6.30. The van der Waals surface area contributed by atoms with Gasteiger partial charge >= 0.3 is 5.69 Å². The second-order valence-electron chi connectivity index (χ2n) is 4.32. The molecule has 20 heavy (non-hydrogen) atoms. The number of methoxy groups -OCH3 is 1. The molecular formula is C14H15ClN2O3. The van der Waals surface area contributed by atoms with Gasteiger partial charge in [-0.15, -0.1) is 0 Å². The number of aromatic amines is 1. The zero-order chi connectivity index (χ0) is 14.7. The van der Waals surface area contributed by atoms with E-state index in [9.17, 15) is 9.59 Å². The number of H-pyrrole nitrogens is 1. The average Bonchev–Trinajstić information content (AvgIpc) is 2.44. The quantitative estimate of drug-likeness (QED) is 0.875. The van der Waals surface area contributed by atoms with Crippen molar-refractivity contribution in [2.75, 3.05) is 7.11 Å². The molecule has 5 nitrogen and oxygen atoms in total. The van der Waals surface area contributed by atoms with Gasteiger partial charge in [-0.3, -0.25) is 14.3 Å². The molecule has 1 aromatic heterocycles. The Labute approximate surface area is 120 Å². The maximum atomic E-state index is 12.2. The fraction of sp³-hybridized carbons (Fsp3) is 0.286. The molecule has 0 atom stereocenters. The molecule has 0 bridgehead atoms. The van der Waals surface area contributed by atoms with Gasteiger partial charge in [0.1, 0.15) is 10.9 Å². The van der Waals surface area contributed by atoms with Crippen LogP contribution in [-0.2, 0) is 13.0 Å². The number of hydrogen-bond acceptors (Lipinski definition) is 3. The molecule has 0 fully saturated rings. The van der Waals surface area contributed by atoms with E-state index < -0.39 is 5.69 Å². The largest absolute Gasteiger partial charge is 0.497 e. The summed E-state index contributed by atoms with van der Waals surface area (Å²) in [5.41, 5.74) is 0.347. The van der Waals surface area contributed by atoms with Crippen LogP contribution >= 0.6 is 11.6 Å². The number of nitrogens with zero attached hydrogens (tertiary/aromatic N) is 1. The van der Waals surface area contributed by atoms with E-state index >= 15 is 0 Å². The second kappa shape index (κ2) is 5.96. The van der Waals surface area contributed by atoms with Crippen LogP contribution < -0.4 is 16.0 Å². The molecule has 0 aliphatic rings. The highest BCUT2D eigenvalue weighted by Gasteiger charge is 2.11. The summed E-state index contributed by atoms with van der Waals surface area (Å²) in [6, 6.07) is 7.22. The molecule has 1 heterocycles. The number of hydrogen-bond donors (Lipinski definition) is 1. The lowest BCUT2D eigenvalue weighted by Gasteiger charge is -2.09. The Balaban J connectivity index is 2.48. The van der Waals surface area contributed by atoms with Gasteiger partial charge in [0, 0.05) is 0 Å². The molecule has 6 heteroatoms. The third kappa shape index (κ3) is 2.77. The van der Waals surface area contributed by atoms with Gasteiger partial charge in [0.25, 0.3) is 5.56 Å². The van der Waals surface area contributed by atoms with Crippen LogP contribution in [0.2, 0.25) is 5.15 Å². The lowest BCUT2D eigenvalue weighted by Crippen LogP contribution is -2.37. The van der Waals surface area contributed by atoms with Crippen LogP contribution in [0.5, 0.6) is 5.75 Å². The van der Waals surface area contributed by atoms with Crippen LogP contribution in [0.25, 0.3) is 0 Å². The predicted octanol–water partition coefficient (Wildman–Crippen LogP) is 1.81. The van der Waals surface area contributed by atoms with Crippen LogP contribution in [0.1, 0.15) is 18.1 Å². The number of nitrogens with one attached hydrogen (secondary N) is 1. The van der Waals surface area contributed by atoms with Gasteiger partial charge in [0.15, 0.2) is 0 Å². The smallest absolute Gasteiger partial charge is 0.329 e. The first kappa shape index (κ1) is 14.4.